The molecule has 6 heteroatoms. The Kier molecular flexibility index (Phi) is 3.92. The van der Waals surface area contributed by atoms with Crippen LogP contribution >= 0.6 is 11.8 Å². The van der Waals surface area contributed by atoms with Crippen LogP contribution in [0.5, 0.6) is 0 Å². The molecule has 1 N–H and O–H groups in total. The molecule has 22 heavy (non-hydrogen) atoms. The van der Waals surface area contributed by atoms with Gasteiger partial charge in [0, 0.05) is 0 Å². The Bertz CT molecular complexity index is 877. The van der Waals surface area contributed by atoms with Gasteiger partial charge in [-0.25, -0.2) is 14.2 Å². The Morgan fingerprint density at radius 3 is 2.55 bits per heavy atom. The highest BCUT2D eigenvalue weighted by Gasteiger charge is 2.17. The molecule has 0 aliphatic heterocycles. The van der Waals surface area contributed by atoms with Gasteiger partial charge < -0.3 is 0 Å². The summed E-state index contributed by atoms with van der Waals surface area (Å²) in [5, 5.41) is 0.498. The molecule has 0 bridgehead atoms. The maximum Gasteiger partial charge on any atom is 0.266 e. The summed E-state index contributed by atoms with van der Waals surface area (Å²) in [6.07, 6.45) is 0. The average molecular weight is 318 g/mol. The van der Waals surface area contributed by atoms with Gasteiger partial charge in [0.2, 0.25) is 0 Å². The first-order valence-electron chi connectivity index (χ1n) is 6.75. The fourth-order valence-corrected chi connectivity index (χ4v) is 2.43. The van der Waals surface area contributed by atoms with Crippen molar-refractivity contribution in [1.82, 2.24) is 14.4 Å². The zero-order valence-electron chi connectivity index (χ0n) is 11.8. The van der Waals surface area contributed by atoms with Crippen molar-refractivity contribution >= 4 is 22.7 Å². The van der Waals surface area contributed by atoms with E-state index in [1.54, 1.807) is 25.1 Å². The van der Waals surface area contributed by atoms with Crippen LogP contribution in [0.15, 0.2) is 53.3 Å². The standard InChI is InChI=1S/C16H13ClFN3O/c1-10(20-17)15-19-14-5-3-2-4-13(14)16(22)21(15)12-8-6-11(18)7-9-12/h2-10,20H,1H3/t10-/m0/s1. The Balaban J connectivity index is 2.37. The zero-order chi connectivity index (χ0) is 15.7. The van der Waals surface area contributed by atoms with E-state index in [2.05, 4.69) is 9.82 Å². The van der Waals surface area contributed by atoms with Gasteiger partial charge in [0.15, 0.2) is 0 Å². The van der Waals surface area contributed by atoms with Gasteiger partial charge in [-0.05, 0) is 55.1 Å². The van der Waals surface area contributed by atoms with Crippen LogP contribution in [0.3, 0.4) is 0 Å². The van der Waals surface area contributed by atoms with Crippen molar-refractivity contribution in [3.63, 3.8) is 0 Å². The molecule has 112 valence electrons. The molecule has 3 aromatic rings. The van der Waals surface area contributed by atoms with Crippen LogP contribution in [0.2, 0.25) is 0 Å². The number of benzene rings is 2. The summed E-state index contributed by atoms with van der Waals surface area (Å²) in [6, 6.07) is 12.4. The van der Waals surface area contributed by atoms with E-state index in [1.165, 1.54) is 28.8 Å². The second kappa shape index (κ2) is 5.87. The number of nitrogens with one attached hydrogen (secondary N) is 1. The Labute approximate surface area is 131 Å². The van der Waals surface area contributed by atoms with Gasteiger partial charge in [-0.3, -0.25) is 9.36 Å². The number of rotatable bonds is 3. The van der Waals surface area contributed by atoms with E-state index in [4.69, 9.17) is 11.8 Å². The second-order valence-corrected chi connectivity index (χ2v) is 5.15. The van der Waals surface area contributed by atoms with Gasteiger partial charge in [0.05, 0.1) is 22.6 Å². The van der Waals surface area contributed by atoms with E-state index in [1.807, 2.05) is 6.07 Å². The molecule has 4 nitrogen and oxygen atoms in total. The largest absolute Gasteiger partial charge is 0.268 e. The Hall–Kier alpha value is -2.24. The maximum atomic E-state index is 13.1. The summed E-state index contributed by atoms with van der Waals surface area (Å²) in [4.78, 5) is 19.9. The van der Waals surface area contributed by atoms with Crippen molar-refractivity contribution in [1.29, 1.82) is 0 Å². The fourth-order valence-electron chi connectivity index (χ4n) is 2.33. The van der Waals surface area contributed by atoms with E-state index in [9.17, 15) is 9.18 Å². The van der Waals surface area contributed by atoms with Crippen LogP contribution in [0.25, 0.3) is 16.6 Å². The maximum absolute atomic E-state index is 13.1. The van der Waals surface area contributed by atoms with Gasteiger partial charge in [-0.15, -0.1) is 0 Å². The quantitative estimate of drug-likeness (QED) is 0.754. The minimum absolute atomic E-state index is 0.217. The third kappa shape index (κ3) is 2.49. The first-order chi connectivity index (χ1) is 10.6. The van der Waals surface area contributed by atoms with Crippen molar-refractivity contribution in [2.75, 3.05) is 0 Å². The van der Waals surface area contributed by atoms with Crippen LogP contribution in [-0.2, 0) is 0 Å². The zero-order valence-corrected chi connectivity index (χ0v) is 12.5. The van der Waals surface area contributed by atoms with Crippen molar-refractivity contribution in [3.05, 3.63) is 70.5 Å². The molecule has 0 amide bonds. The number of aromatic nitrogens is 2. The minimum Gasteiger partial charge on any atom is -0.268 e. The van der Waals surface area contributed by atoms with E-state index in [-0.39, 0.29) is 17.4 Å². The lowest BCUT2D eigenvalue weighted by Crippen LogP contribution is -2.27. The summed E-state index contributed by atoms with van der Waals surface area (Å²) < 4.78 is 14.6. The van der Waals surface area contributed by atoms with E-state index >= 15 is 0 Å². The van der Waals surface area contributed by atoms with Crippen molar-refractivity contribution < 1.29 is 4.39 Å². The highest BCUT2D eigenvalue weighted by molar-refractivity contribution is 6.13. The molecule has 3 rings (SSSR count). The highest BCUT2D eigenvalue weighted by atomic mass is 35.5. The highest BCUT2D eigenvalue weighted by Crippen LogP contribution is 2.18. The molecule has 2 aromatic carbocycles. The van der Waals surface area contributed by atoms with Gasteiger partial charge in [-0.2, -0.15) is 0 Å². The molecule has 0 unspecified atom stereocenters. The molecule has 1 heterocycles. The summed E-state index contributed by atoms with van der Waals surface area (Å²) in [5.74, 6) is 0.0981. The lowest BCUT2D eigenvalue weighted by atomic mass is 10.2. The first-order valence-corrected chi connectivity index (χ1v) is 7.13. The predicted molar refractivity (Wildman–Crippen MR) is 84.7 cm³/mol. The molecular weight excluding hydrogens is 305 g/mol. The van der Waals surface area contributed by atoms with Crippen molar-refractivity contribution in [3.8, 4) is 5.69 Å². The van der Waals surface area contributed by atoms with E-state index in [0.717, 1.165) is 0 Å². The third-order valence-corrected chi connectivity index (χ3v) is 3.76. The summed E-state index contributed by atoms with van der Waals surface area (Å²) in [7, 11) is 0. The summed E-state index contributed by atoms with van der Waals surface area (Å²) in [6.45, 7) is 1.80. The second-order valence-electron chi connectivity index (χ2n) is 4.93. The summed E-state index contributed by atoms with van der Waals surface area (Å²) >= 11 is 5.71. The van der Waals surface area contributed by atoms with Gasteiger partial charge in [0.25, 0.3) is 5.56 Å². The Morgan fingerprint density at radius 2 is 1.86 bits per heavy atom. The topological polar surface area (TPSA) is 46.9 Å². The van der Waals surface area contributed by atoms with Gasteiger partial charge >= 0.3 is 0 Å². The first kappa shape index (κ1) is 14.7. The lowest BCUT2D eigenvalue weighted by molar-refractivity contribution is 0.625. The predicted octanol–water partition coefficient (Wildman–Crippen LogP) is 3.33. The van der Waals surface area contributed by atoms with Gasteiger partial charge in [-0.1, -0.05) is 12.1 Å². The molecule has 0 spiro atoms. The summed E-state index contributed by atoms with van der Waals surface area (Å²) in [5.41, 5.74) is 0.920. The molecule has 1 aromatic heterocycles. The van der Waals surface area contributed by atoms with E-state index < -0.39 is 0 Å². The SMILES string of the molecule is C[C@H](NCl)c1nc2ccccc2c(=O)n1-c1ccc(F)cc1. The molecular formula is C16H13ClFN3O. The van der Waals surface area contributed by atoms with Crippen LogP contribution in [0, 0.1) is 5.82 Å². The molecule has 0 radical (unpaired) electrons. The monoisotopic (exact) mass is 317 g/mol. The number of hydrogen-bond acceptors (Lipinski definition) is 3. The van der Waals surface area contributed by atoms with Crippen LogP contribution < -0.4 is 10.4 Å². The van der Waals surface area contributed by atoms with Crippen LogP contribution in [0.4, 0.5) is 4.39 Å². The average Bonchev–Trinajstić information content (AvgIpc) is 2.55. The molecule has 0 fully saturated rings. The minimum atomic E-state index is -0.365. The normalized spacial score (nSPS) is 12.5. The number of hydrogen-bond donors (Lipinski definition) is 1. The number of fused-ring (bicyclic) bond motifs is 1. The third-order valence-electron chi connectivity index (χ3n) is 3.44. The fraction of sp³-hybridized carbons (Fsp3) is 0.125. The molecule has 1 atom stereocenters. The molecule has 0 aliphatic rings. The Morgan fingerprint density at radius 1 is 1.18 bits per heavy atom. The molecule has 0 saturated carbocycles. The van der Waals surface area contributed by atoms with Crippen LogP contribution in [-0.4, -0.2) is 9.55 Å². The van der Waals surface area contributed by atoms with Crippen LogP contribution in [0.1, 0.15) is 18.8 Å². The molecule has 0 aliphatic carbocycles. The van der Waals surface area contributed by atoms with E-state index in [0.29, 0.717) is 22.4 Å². The lowest BCUT2D eigenvalue weighted by Gasteiger charge is -2.17. The smallest absolute Gasteiger partial charge is 0.266 e. The number of halogens is 2. The van der Waals surface area contributed by atoms with Crippen molar-refractivity contribution in [2.45, 2.75) is 13.0 Å². The number of nitrogens with zero attached hydrogens (tertiary/aromatic N) is 2. The van der Waals surface area contributed by atoms with Gasteiger partial charge in [0.1, 0.15) is 11.6 Å². The van der Waals surface area contributed by atoms with Crippen molar-refractivity contribution in [2.24, 2.45) is 0 Å². The number of para-hydroxylation sites is 1. The molecule has 0 saturated heterocycles.